The molecule has 1 amide bonds. The smallest absolute Gasteiger partial charge is 0.335 e. The number of rotatable bonds is 5. The molecule has 0 unspecified atom stereocenters. The van der Waals surface area contributed by atoms with E-state index >= 15 is 0 Å². The first kappa shape index (κ1) is 16.7. The molecule has 1 atom stereocenters. The third kappa shape index (κ3) is 3.74. The van der Waals surface area contributed by atoms with Gasteiger partial charge < -0.3 is 14.9 Å². The number of anilines is 1. The van der Waals surface area contributed by atoms with Crippen molar-refractivity contribution in [2.45, 2.75) is 27.2 Å². The first-order valence-electron chi connectivity index (χ1n) is 7.05. The van der Waals surface area contributed by atoms with Crippen LogP contribution in [0, 0.1) is 25.6 Å². The van der Waals surface area contributed by atoms with Crippen molar-refractivity contribution >= 4 is 17.6 Å². The van der Waals surface area contributed by atoms with Crippen LogP contribution in [0.1, 0.15) is 34.3 Å². The van der Waals surface area contributed by atoms with Gasteiger partial charge in [-0.1, -0.05) is 12.1 Å². The second kappa shape index (κ2) is 6.60. The summed E-state index contributed by atoms with van der Waals surface area (Å²) in [4.78, 5) is 23.1. The summed E-state index contributed by atoms with van der Waals surface area (Å²) in [6, 6.07) is 3.25. The third-order valence-corrected chi connectivity index (χ3v) is 3.61. The summed E-state index contributed by atoms with van der Waals surface area (Å²) < 4.78 is 18.8. The molecule has 7 heteroatoms. The lowest BCUT2D eigenvalue weighted by Crippen LogP contribution is -2.23. The third-order valence-electron chi connectivity index (χ3n) is 3.61. The molecule has 0 spiro atoms. The monoisotopic (exact) mass is 320 g/mol. The molecule has 0 radical (unpaired) electrons. The van der Waals surface area contributed by atoms with Gasteiger partial charge in [0.1, 0.15) is 11.6 Å². The van der Waals surface area contributed by atoms with Gasteiger partial charge in [0.25, 0.3) is 0 Å². The van der Waals surface area contributed by atoms with Gasteiger partial charge in [-0.15, -0.1) is 0 Å². The van der Waals surface area contributed by atoms with Gasteiger partial charge in [0, 0.05) is 11.5 Å². The molecule has 0 saturated carbocycles. The number of carbonyl (C=O) groups excluding carboxylic acids is 1. The highest BCUT2D eigenvalue weighted by Gasteiger charge is 2.20. The molecule has 2 rings (SSSR count). The van der Waals surface area contributed by atoms with Crippen LogP contribution in [0.4, 0.5) is 10.1 Å². The maximum absolute atomic E-state index is 13.7. The summed E-state index contributed by atoms with van der Waals surface area (Å²) in [7, 11) is 0. The Morgan fingerprint density at radius 3 is 2.65 bits per heavy atom. The average Bonchev–Trinajstić information content (AvgIpc) is 2.80. The van der Waals surface area contributed by atoms with E-state index in [0.29, 0.717) is 17.9 Å². The summed E-state index contributed by atoms with van der Waals surface area (Å²) in [5.74, 6) is -2.11. The molecule has 0 aliphatic heterocycles. The van der Waals surface area contributed by atoms with Gasteiger partial charge in [-0.2, -0.15) is 0 Å². The number of hydrogen-bond acceptors (Lipinski definition) is 4. The predicted octanol–water partition coefficient (Wildman–Crippen LogP) is 2.95. The summed E-state index contributed by atoms with van der Waals surface area (Å²) in [6.07, 6.45) is 0.396. The van der Waals surface area contributed by atoms with Crippen molar-refractivity contribution < 1.29 is 23.6 Å². The Kier molecular flexibility index (Phi) is 4.78. The highest BCUT2D eigenvalue weighted by Crippen LogP contribution is 2.20. The Morgan fingerprint density at radius 1 is 1.39 bits per heavy atom. The molecular weight excluding hydrogens is 303 g/mol. The number of nitrogens with zero attached hydrogens (tertiary/aromatic N) is 1. The molecule has 1 aromatic carbocycles. The van der Waals surface area contributed by atoms with E-state index in [1.54, 1.807) is 20.8 Å². The Hall–Kier alpha value is -2.70. The lowest BCUT2D eigenvalue weighted by Gasteiger charge is -2.13. The number of hydrogen-bond donors (Lipinski definition) is 2. The van der Waals surface area contributed by atoms with E-state index in [1.807, 2.05) is 0 Å². The quantitative estimate of drug-likeness (QED) is 0.883. The second-order valence-electron chi connectivity index (χ2n) is 5.40. The van der Waals surface area contributed by atoms with Crippen LogP contribution < -0.4 is 5.32 Å². The normalized spacial score (nSPS) is 12.0. The minimum atomic E-state index is -1.19. The molecule has 122 valence electrons. The topological polar surface area (TPSA) is 92.4 Å². The van der Waals surface area contributed by atoms with E-state index in [-0.39, 0.29) is 11.3 Å². The Bertz CT molecular complexity index is 735. The lowest BCUT2D eigenvalue weighted by molar-refractivity contribution is -0.119. The fraction of sp³-hybridized carbons (Fsp3) is 0.312. The Balaban J connectivity index is 2.12. The van der Waals surface area contributed by atoms with Crippen LogP contribution in [-0.4, -0.2) is 22.1 Å². The highest BCUT2D eigenvalue weighted by atomic mass is 19.1. The van der Waals surface area contributed by atoms with Crippen LogP contribution in [0.3, 0.4) is 0 Å². The zero-order valence-electron chi connectivity index (χ0n) is 13.0. The van der Waals surface area contributed by atoms with Gasteiger partial charge in [0.05, 0.1) is 16.9 Å². The summed E-state index contributed by atoms with van der Waals surface area (Å²) in [5.41, 5.74) is 1.30. The standard InChI is InChI=1S/C16H17FN2O4/c1-8(6-12-9(2)19-23-10(12)3)15(20)18-14-7-11(16(21)22)4-5-13(14)17/h4-5,7-8H,6H2,1-3H3,(H,18,20)(H,21,22)/t8-/m0/s1. The van der Waals surface area contributed by atoms with E-state index in [9.17, 15) is 14.0 Å². The van der Waals surface area contributed by atoms with Crippen molar-refractivity contribution in [3.05, 3.63) is 46.6 Å². The van der Waals surface area contributed by atoms with E-state index < -0.39 is 23.6 Å². The molecule has 1 aromatic heterocycles. The van der Waals surface area contributed by atoms with Gasteiger partial charge in [-0.25, -0.2) is 9.18 Å². The van der Waals surface area contributed by atoms with Gasteiger partial charge in [0.15, 0.2) is 0 Å². The number of benzene rings is 1. The molecule has 0 saturated heterocycles. The predicted molar refractivity (Wildman–Crippen MR) is 80.8 cm³/mol. The molecule has 0 bridgehead atoms. The van der Waals surface area contributed by atoms with E-state index in [4.69, 9.17) is 9.63 Å². The van der Waals surface area contributed by atoms with Crippen molar-refractivity contribution in [2.24, 2.45) is 5.92 Å². The van der Waals surface area contributed by atoms with Crippen LogP contribution in [0.15, 0.2) is 22.7 Å². The number of nitrogens with one attached hydrogen (secondary N) is 1. The fourth-order valence-electron chi connectivity index (χ4n) is 2.20. The highest BCUT2D eigenvalue weighted by molar-refractivity contribution is 5.95. The summed E-state index contributed by atoms with van der Waals surface area (Å²) in [5, 5.41) is 15.2. The van der Waals surface area contributed by atoms with Crippen molar-refractivity contribution in [1.82, 2.24) is 5.16 Å². The largest absolute Gasteiger partial charge is 0.478 e. The molecule has 6 nitrogen and oxygen atoms in total. The molecule has 23 heavy (non-hydrogen) atoms. The van der Waals surface area contributed by atoms with Crippen molar-refractivity contribution in [1.29, 1.82) is 0 Å². The second-order valence-corrected chi connectivity index (χ2v) is 5.40. The number of aromatic nitrogens is 1. The van der Waals surface area contributed by atoms with Crippen molar-refractivity contribution in [2.75, 3.05) is 5.32 Å². The van der Waals surface area contributed by atoms with Gasteiger partial charge >= 0.3 is 5.97 Å². The molecule has 0 fully saturated rings. The number of carbonyl (C=O) groups is 2. The average molecular weight is 320 g/mol. The van der Waals surface area contributed by atoms with E-state index in [0.717, 1.165) is 23.8 Å². The SMILES string of the molecule is Cc1noc(C)c1C[C@H](C)C(=O)Nc1cc(C(=O)O)ccc1F. The fourth-order valence-corrected chi connectivity index (χ4v) is 2.20. The van der Waals surface area contributed by atoms with Crippen LogP contribution in [-0.2, 0) is 11.2 Å². The minimum absolute atomic E-state index is 0.0972. The zero-order valence-corrected chi connectivity index (χ0v) is 13.0. The molecule has 0 aliphatic carbocycles. The first-order chi connectivity index (χ1) is 10.8. The van der Waals surface area contributed by atoms with Crippen molar-refractivity contribution in [3.8, 4) is 0 Å². The molecular formula is C16H17FN2O4. The van der Waals surface area contributed by atoms with Gasteiger partial charge in [-0.3, -0.25) is 4.79 Å². The van der Waals surface area contributed by atoms with E-state index in [2.05, 4.69) is 10.5 Å². The first-order valence-corrected chi connectivity index (χ1v) is 7.05. The minimum Gasteiger partial charge on any atom is -0.478 e. The zero-order chi connectivity index (χ0) is 17.1. The number of carboxylic acid groups (broad SMARTS) is 1. The maximum atomic E-state index is 13.7. The van der Waals surface area contributed by atoms with Crippen LogP contribution in [0.2, 0.25) is 0 Å². The summed E-state index contributed by atoms with van der Waals surface area (Å²) >= 11 is 0. The van der Waals surface area contributed by atoms with Gasteiger partial charge in [0.2, 0.25) is 5.91 Å². The Morgan fingerprint density at radius 2 is 2.09 bits per heavy atom. The summed E-state index contributed by atoms with van der Waals surface area (Å²) in [6.45, 7) is 5.24. The molecule has 2 N–H and O–H groups in total. The number of carboxylic acids is 1. The van der Waals surface area contributed by atoms with Crippen LogP contribution in [0.5, 0.6) is 0 Å². The number of aryl methyl sites for hydroxylation is 2. The molecule has 0 aliphatic rings. The van der Waals surface area contributed by atoms with Crippen LogP contribution in [0.25, 0.3) is 0 Å². The lowest BCUT2D eigenvalue weighted by atomic mass is 9.99. The number of aromatic carboxylic acids is 1. The number of amides is 1. The van der Waals surface area contributed by atoms with E-state index in [1.165, 1.54) is 0 Å². The van der Waals surface area contributed by atoms with Crippen molar-refractivity contribution in [3.63, 3.8) is 0 Å². The molecule has 2 aromatic rings. The Labute approximate surface area is 132 Å². The number of halogens is 1. The van der Waals surface area contributed by atoms with Gasteiger partial charge in [-0.05, 0) is 38.5 Å². The maximum Gasteiger partial charge on any atom is 0.335 e. The molecule has 1 heterocycles. The van der Waals surface area contributed by atoms with Crippen LogP contribution >= 0.6 is 0 Å².